The number of benzene rings is 3. The molecule has 594 valence electrons. The molecule has 2 heterocycles. The summed E-state index contributed by atoms with van der Waals surface area (Å²) in [7, 11) is -18.1. The molecule has 3 atom stereocenters. The lowest BCUT2D eigenvalue weighted by atomic mass is 9.81. The van der Waals surface area contributed by atoms with Gasteiger partial charge in [0.25, 0.3) is 40.5 Å². The van der Waals surface area contributed by atoms with Gasteiger partial charge in [0.2, 0.25) is 23.4 Å². The number of urea groups is 1. The zero-order chi connectivity index (χ0) is 80.0. The summed E-state index contributed by atoms with van der Waals surface area (Å²) in [6.45, 7) is 8.69. The van der Waals surface area contributed by atoms with Crippen molar-refractivity contribution in [1.29, 1.82) is 0 Å². The van der Waals surface area contributed by atoms with Crippen molar-refractivity contribution in [2.24, 2.45) is 0 Å². The molecule has 13 N–H and O–H groups in total. The van der Waals surface area contributed by atoms with E-state index in [4.69, 9.17) is 9.84 Å². The first-order chi connectivity index (χ1) is 50.6. The fourth-order valence-corrected chi connectivity index (χ4v) is 15.1. The Hall–Kier alpha value is -8.91. The molecule has 6 rings (SSSR count). The Morgan fingerprint density at radius 3 is 1.57 bits per heavy atom. The molecule has 0 spiro atoms. The summed E-state index contributed by atoms with van der Waals surface area (Å²) in [5.74, 6) is -6.13. The maximum Gasteiger partial charge on any atom is 0.326 e. The first-order valence-electron chi connectivity index (χ1n) is 35.6. The number of carboxylic acids is 4. The highest BCUT2D eigenvalue weighted by Crippen LogP contribution is 2.49. The lowest BCUT2D eigenvalue weighted by molar-refractivity contribution is -0.438. The van der Waals surface area contributed by atoms with Crippen LogP contribution < -0.4 is 36.2 Å². The number of nitrogens with one attached hydrogen (secondary N) is 5. The van der Waals surface area contributed by atoms with Crippen LogP contribution in [-0.2, 0) is 84.9 Å². The number of fused-ring (bicyclic) bond motifs is 2. The van der Waals surface area contributed by atoms with Gasteiger partial charge in [-0.1, -0.05) is 32.8 Å². The van der Waals surface area contributed by atoms with E-state index in [1.807, 2.05) is 61.5 Å². The molecule has 5 amide bonds. The molecule has 0 saturated heterocycles. The van der Waals surface area contributed by atoms with Gasteiger partial charge in [-0.2, -0.15) is 38.2 Å². The number of aliphatic carboxylic acids is 4. The molecule has 1 aliphatic carbocycles. The van der Waals surface area contributed by atoms with Crippen molar-refractivity contribution in [2.45, 2.75) is 219 Å². The summed E-state index contributed by atoms with van der Waals surface area (Å²) in [4.78, 5) is 97.2. The minimum absolute atomic E-state index is 0.0327. The second-order valence-corrected chi connectivity index (χ2v) is 33.6. The first kappa shape index (κ1) is 88.0. The minimum atomic E-state index is -4.63. The van der Waals surface area contributed by atoms with E-state index in [9.17, 15) is 106 Å². The van der Waals surface area contributed by atoms with Crippen LogP contribution in [-0.4, -0.2) is 180 Å². The Balaban J connectivity index is 1.03. The highest BCUT2D eigenvalue weighted by molar-refractivity contribution is 7.86. The van der Waals surface area contributed by atoms with E-state index in [1.54, 1.807) is 12.1 Å². The van der Waals surface area contributed by atoms with E-state index in [1.165, 1.54) is 48.5 Å². The fraction of sp³-hybridized carbons (Fsp3) is 0.514. The van der Waals surface area contributed by atoms with Crippen molar-refractivity contribution in [3.05, 3.63) is 119 Å². The maximum absolute atomic E-state index is 13.0. The van der Waals surface area contributed by atoms with E-state index in [0.717, 1.165) is 5.71 Å². The molecule has 3 aromatic carbocycles. The lowest BCUT2D eigenvalue weighted by Gasteiger charge is -2.27. The number of ether oxygens (including phenoxy) is 1. The van der Waals surface area contributed by atoms with Crippen molar-refractivity contribution in [1.82, 2.24) is 26.6 Å². The van der Waals surface area contributed by atoms with Crippen LogP contribution in [0.1, 0.15) is 187 Å². The number of rotatable bonds is 45. The highest BCUT2D eigenvalue weighted by Gasteiger charge is 2.46. The van der Waals surface area contributed by atoms with Gasteiger partial charge in [0.05, 0.1) is 25.9 Å². The van der Waals surface area contributed by atoms with Crippen LogP contribution in [0, 0.1) is 0 Å². The molecule has 0 aromatic heterocycles. The number of allylic oxidation sites excluding steroid dienone is 7. The van der Waals surface area contributed by atoms with Gasteiger partial charge in [0.1, 0.15) is 36.2 Å². The van der Waals surface area contributed by atoms with Crippen LogP contribution in [0.4, 0.5) is 16.2 Å². The predicted octanol–water partition coefficient (Wildman–Crippen LogP) is 8.27. The maximum atomic E-state index is 13.0. The van der Waals surface area contributed by atoms with Crippen molar-refractivity contribution < 1.29 is 120 Å². The Labute approximate surface area is 628 Å². The molecule has 0 fully saturated rings. The van der Waals surface area contributed by atoms with E-state index in [2.05, 4.69) is 26.6 Å². The largest absolute Gasteiger partial charge is 0.481 e. The Bertz CT molecular complexity index is 4450. The standard InChI is InChI=1S/C72H97N7O25S4/c1-71(2)53-45-51(107(98,99)100)32-35-58(53)78(42-15-7-10-24-63(81)74-40-13-11-21-55(67(85)86)75-64(82)25-9-6-5-8-23-62(80)73-41-14-12-22-56(68(87)88)76-70(91)77-57(69(89)90)34-39-65(83)84)60(71)37-26-47-19-18-20-48(66(47)104-49-28-30-50(31-29-49)106(95,96)97)27-38-61-72(3,4)54-46-52(108(101,102)103)33-36-59(54)79(61)43-16-17-44-105(92,93)94/h26-33,35-38,45-46,55-57H,5-25,34,39-44H2,1-4H3,(H12-,73,74,75,76,77,80,81,82,83,84,85,86,87,88,89,90,91,92,93,94,95,96,97,98,99,100,101,102,103)/p+1/t55?,56?,57-/m0/s1. The third-order valence-electron chi connectivity index (χ3n) is 18.9. The van der Waals surface area contributed by atoms with Gasteiger partial charge in [0, 0.05) is 86.2 Å². The number of nitrogens with zero attached hydrogens (tertiary/aromatic N) is 2. The molecule has 36 heteroatoms. The smallest absolute Gasteiger partial charge is 0.326 e. The topological polar surface area (TPSA) is 511 Å². The third-order valence-corrected chi connectivity index (χ3v) is 22.2. The number of carboxylic acid groups (broad SMARTS) is 4. The minimum Gasteiger partial charge on any atom is -0.481 e. The predicted molar refractivity (Wildman–Crippen MR) is 395 cm³/mol. The summed E-state index contributed by atoms with van der Waals surface area (Å²) in [5, 5.41) is 49.8. The zero-order valence-corrected chi connectivity index (χ0v) is 63.9. The summed E-state index contributed by atoms with van der Waals surface area (Å²) in [5.41, 5.74) is 3.45. The Kier molecular flexibility index (Phi) is 32.1. The average molecular weight is 1590 g/mol. The van der Waals surface area contributed by atoms with Crippen LogP contribution in [0.15, 0.2) is 122 Å². The number of hydrogen-bond donors (Lipinski definition) is 13. The number of unbranched alkanes of at least 4 members (excludes halogenated alkanes) is 8. The van der Waals surface area contributed by atoms with Gasteiger partial charge in [-0.05, 0) is 200 Å². The molecule has 32 nitrogen and oxygen atoms in total. The zero-order valence-electron chi connectivity index (χ0n) is 60.7. The summed E-state index contributed by atoms with van der Waals surface area (Å²) in [6.07, 6.45) is 14.3. The van der Waals surface area contributed by atoms with E-state index in [-0.39, 0.29) is 96.8 Å². The third kappa shape index (κ3) is 26.7. The molecule has 3 aliphatic rings. The average Bonchev–Trinajstić information content (AvgIpc) is 1.59. The second-order valence-electron chi connectivity index (χ2n) is 27.8. The summed E-state index contributed by atoms with van der Waals surface area (Å²) >= 11 is 0. The first-order valence-corrected chi connectivity index (χ1v) is 41.5. The van der Waals surface area contributed by atoms with Gasteiger partial charge in [-0.15, -0.1) is 0 Å². The van der Waals surface area contributed by atoms with Gasteiger partial charge < -0.3 is 56.6 Å². The Morgan fingerprint density at radius 1 is 0.528 bits per heavy atom. The number of carbonyl (C=O) groups excluding carboxylic acids is 4. The van der Waals surface area contributed by atoms with Crippen LogP contribution >= 0.6 is 0 Å². The second kappa shape index (κ2) is 39.5. The van der Waals surface area contributed by atoms with Crippen molar-refractivity contribution in [3.63, 3.8) is 0 Å². The van der Waals surface area contributed by atoms with Gasteiger partial charge in [-0.3, -0.25) is 37.4 Å². The lowest BCUT2D eigenvalue weighted by Crippen LogP contribution is -2.51. The Morgan fingerprint density at radius 2 is 1.04 bits per heavy atom. The molecule has 2 aliphatic heterocycles. The molecule has 0 saturated carbocycles. The fourth-order valence-electron chi connectivity index (χ4n) is 13.1. The molecule has 2 unspecified atom stereocenters. The summed E-state index contributed by atoms with van der Waals surface area (Å²) < 4.78 is 145. The van der Waals surface area contributed by atoms with Crippen LogP contribution in [0.2, 0.25) is 0 Å². The van der Waals surface area contributed by atoms with E-state index in [0.29, 0.717) is 142 Å². The number of hydrogen-bond acceptors (Lipinski definition) is 18. The monoisotopic (exact) mass is 1590 g/mol. The quantitative estimate of drug-likeness (QED) is 0.0144. The molecule has 3 aromatic rings. The van der Waals surface area contributed by atoms with Gasteiger partial charge >= 0.3 is 29.9 Å². The molecular formula is C72H98N7O25S4+. The van der Waals surface area contributed by atoms with Crippen LogP contribution in [0.25, 0.3) is 0 Å². The van der Waals surface area contributed by atoms with Crippen LogP contribution in [0.5, 0.6) is 5.75 Å². The van der Waals surface area contributed by atoms with Crippen molar-refractivity contribution in [2.75, 3.05) is 36.8 Å². The van der Waals surface area contributed by atoms with E-state index >= 15 is 0 Å². The summed E-state index contributed by atoms with van der Waals surface area (Å²) in [6, 6.07) is 8.57. The van der Waals surface area contributed by atoms with Gasteiger partial charge in [-0.25, -0.2) is 19.2 Å². The SMILES string of the molecule is CC1(C)C(/C=C/C2=C(Oc3ccc(S(=O)(=O)O)cc3)C(=C/C=C3/N(CCCCS(=O)(=O)O)c4ccc(S(=O)(=O)O)cc4C3(C)C)/CCC2)=[N+](CCCCCC(=O)NCCCCC(NC(=O)CCCCCCC(=O)NCCCCC(NC(=O)N[C@@H](CCC(=O)O)C(=O)O)C(=O)O)C(=O)O)c2ccc(S(=O)(=O)O)cc21. The molecule has 0 bridgehead atoms. The highest BCUT2D eigenvalue weighted by atomic mass is 32.2. The van der Waals surface area contributed by atoms with E-state index < -0.39 is 124 Å². The molecule has 108 heavy (non-hydrogen) atoms. The van der Waals surface area contributed by atoms with Crippen LogP contribution in [0.3, 0.4) is 0 Å². The van der Waals surface area contributed by atoms with Gasteiger partial charge in [0.15, 0.2) is 5.71 Å². The number of carbonyl (C=O) groups is 8. The normalized spacial score (nSPS) is 16.5. The number of anilines is 1. The molecular weight excluding hydrogens is 1490 g/mol. The molecule has 0 radical (unpaired) electrons. The van der Waals surface area contributed by atoms with Crippen molar-refractivity contribution in [3.8, 4) is 5.75 Å². The number of amides is 5. The van der Waals surface area contributed by atoms with Crippen molar-refractivity contribution >= 4 is 105 Å².